The van der Waals surface area contributed by atoms with E-state index in [-0.39, 0.29) is 5.91 Å². The van der Waals surface area contributed by atoms with E-state index >= 15 is 0 Å². The zero-order valence-electron chi connectivity index (χ0n) is 17.1. The maximum atomic E-state index is 13.2. The van der Waals surface area contributed by atoms with Crippen LogP contribution in [0.1, 0.15) is 62.0 Å². The first-order chi connectivity index (χ1) is 13.4. The number of aryl methyl sites for hydroxylation is 1. The highest BCUT2D eigenvalue weighted by Gasteiger charge is 2.31. The molecule has 5 nitrogen and oxygen atoms in total. The molecule has 3 atom stereocenters. The van der Waals surface area contributed by atoms with E-state index in [2.05, 4.69) is 28.5 Å². The molecule has 6 heteroatoms. The number of fused-ring (bicyclic) bond motifs is 1. The minimum Gasteiger partial charge on any atom is -0.593 e. The predicted octanol–water partition coefficient (Wildman–Crippen LogP) is 4.15. The Labute approximate surface area is 170 Å². The molecule has 4 rings (SSSR count). The topological polar surface area (TPSA) is 71.2 Å². The summed E-state index contributed by atoms with van der Waals surface area (Å²) in [7, 11) is 0. The highest BCUT2D eigenvalue weighted by molar-refractivity contribution is 7.89. The normalized spacial score (nSPS) is 25.3. The van der Waals surface area contributed by atoms with Crippen LogP contribution in [-0.2, 0) is 11.4 Å². The van der Waals surface area contributed by atoms with Gasteiger partial charge in [0, 0.05) is 36.1 Å². The van der Waals surface area contributed by atoms with E-state index in [1.807, 2.05) is 25.1 Å². The van der Waals surface area contributed by atoms with Crippen molar-refractivity contribution < 1.29 is 9.35 Å². The van der Waals surface area contributed by atoms with Gasteiger partial charge >= 0.3 is 0 Å². The van der Waals surface area contributed by atoms with Crippen LogP contribution in [0, 0.1) is 18.8 Å². The highest BCUT2D eigenvalue weighted by atomic mass is 32.2. The number of H-pyrrole nitrogens is 1. The smallest absolute Gasteiger partial charge is 0.268 e. The molecule has 0 spiro atoms. The Hall–Kier alpha value is -1.50. The van der Waals surface area contributed by atoms with Gasteiger partial charge in [-0.2, -0.15) is 0 Å². The molecule has 2 N–H and O–H groups in total. The highest BCUT2D eigenvalue weighted by Crippen LogP contribution is 2.30. The average Bonchev–Trinajstić information content (AvgIpc) is 3.28. The van der Waals surface area contributed by atoms with Crippen LogP contribution in [0.4, 0.5) is 0 Å². The third kappa shape index (κ3) is 3.95. The Morgan fingerprint density at radius 3 is 2.57 bits per heavy atom. The number of hydrogen-bond acceptors (Lipinski definition) is 3. The SMILES string of the molecule is Cc1c(C(=O)NC2CCCC2)[nH]c2ccc([S+]([O-])N3CC(C)CC(C)C3)cc12. The quantitative estimate of drug-likeness (QED) is 0.756. The van der Waals surface area contributed by atoms with Gasteiger partial charge in [-0.15, -0.1) is 4.31 Å². The van der Waals surface area contributed by atoms with Crippen molar-refractivity contribution in [2.45, 2.75) is 63.8 Å². The maximum Gasteiger partial charge on any atom is 0.268 e. The average molecular weight is 402 g/mol. The van der Waals surface area contributed by atoms with Gasteiger partial charge in [-0.05, 0) is 55.7 Å². The molecule has 3 unspecified atom stereocenters. The minimum absolute atomic E-state index is 0.0260. The van der Waals surface area contributed by atoms with Crippen molar-refractivity contribution in [1.82, 2.24) is 14.6 Å². The molecule has 152 valence electrons. The van der Waals surface area contributed by atoms with Crippen molar-refractivity contribution in [3.63, 3.8) is 0 Å². The number of carbonyl (C=O) groups is 1. The molecule has 0 radical (unpaired) electrons. The van der Waals surface area contributed by atoms with Crippen LogP contribution in [-0.4, -0.2) is 38.9 Å². The molecular formula is C22H31N3O2S. The lowest BCUT2D eigenvalue weighted by molar-refractivity contribution is 0.0933. The summed E-state index contributed by atoms with van der Waals surface area (Å²) in [5.74, 6) is 1.11. The number of piperidine rings is 1. The van der Waals surface area contributed by atoms with E-state index in [4.69, 9.17) is 0 Å². The van der Waals surface area contributed by atoms with E-state index in [1.54, 1.807) is 0 Å². The lowest BCUT2D eigenvalue weighted by atomic mass is 9.94. The summed E-state index contributed by atoms with van der Waals surface area (Å²) in [5.41, 5.74) is 2.49. The maximum absolute atomic E-state index is 13.2. The predicted molar refractivity (Wildman–Crippen MR) is 114 cm³/mol. The van der Waals surface area contributed by atoms with Gasteiger partial charge in [0.05, 0.1) is 11.4 Å². The van der Waals surface area contributed by atoms with Crippen LogP contribution in [0.25, 0.3) is 10.9 Å². The molecule has 1 aromatic heterocycles. The van der Waals surface area contributed by atoms with E-state index in [1.165, 1.54) is 19.3 Å². The number of amides is 1. The summed E-state index contributed by atoms with van der Waals surface area (Å²) in [6.07, 6.45) is 5.73. The Kier molecular flexibility index (Phi) is 5.72. The molecule has 2 fully saturated rings. The molecule has 1 aliphatic heterocycles. The van der Waals surface area contributed by atoms with E-state index in [0.29, 0.717) is 23.6 Å². The van der Waals surface area contributed by atoms with Gasteiger partial charge in [-0.1, -0.05) is 26.7 Å². The van der Waals surface area contributed by atoms with Gasteiger partial charge in [0.1, 0.15) is 5.69 Å². The minimum atomic E-state index is -1.16. The van der Waals surface area contributed by atoms with Crippen LogP contribution in [0.5, 0.6) is 0 Å². The first kappa shape index (κ1) is 19.8. The van der Waals surface area contributed by atoms with Crippen molar-refractivity contribution in [3.05, 3.63) is 29.5 Å². The molecule has 0 bridgehead atoms. The molecular weight excluding hydrogens is 370 g/mol. The van der Waals surface area contributed by atoms with Gasteiger partial charge in [0.2, 0.25) is 0 Å². The summed E-state index contributed by atoms with van der Waals surface area (Å²) < 4.78 is 15.3. The summed E-state index contributed by atoms with van der Waals surface area (Å²) in [5, 5.41) is 4.14. The fourth-order valence-corrected chi connectivity index (χ4v) is 6.34. The molecule has 1 aromatic carbocycles. The number of nitrogens with one attached hydrogen (secondary N) is 2. The van der Waals surface area contributed by atoms with Gasteiger partial charge in [-0.3, -0.25) is 4.79 Å². The molecule has 28 heavy (non-hydrogen) atoms. The van der Waals surface area contributed by atoms with Crippen molar-refractivity contribution in [1.29, 1.82) is 0 Å². The van der Waals surface area contributed by atoms with E-state index < -0.39 is 11.4 Å². The van der Waals surface area contributed by atoms with E-state index in [0.717, 1.165) is 47.3 Å². The largest absolute Gasteiger partial charge is 0.593 e. The summed E-state index contributed by atoms with van der Waals surface area (Å²) in [6, 6.07) is 6.17. The third-order valence-electron chi connectivity index (χ3n) is 6.22. The number of carbonyl (C=O) groups excluding carboxylic acids is 1. The Balaban J connectivity index is 1.56. The second-order valence-electron chi connectivity index (χ2n) is 8.83. The van der Waals surface area contributed by atoms with E-state index in [9.17, 15) is 9.35 Å². The molecule has 1 saturated heterocycles. The second kappa shape index (κ2) is 8.09. The zero-order valence-corrected chi connectivity index (χ0v) is 17.9. The Morgan fingerprint density at radius 1 is 1.21 bits per heavy atom. The lowest BCUT2D eigenvalue weighted by Crippen LogP contribution is -2.42. The first-order valence-corrected chi connectivity index (χ1v) is 11.6. The molecule has 1 saturated carbocycles. The van der Waals surface area contributed by atoms with Crippen LogP contribution in [0.15, 0.2) is 23.1 Å². The number of aromatic nitrogens is 1. The molecule has 1 amide bonds. The number of nitrogens with zero attached hydrogens (tertiary/aromatic N) is 1. The molecule has 2 heterocycles. The fraction of sp³-hybridized carbons (Fsp3) is 0.591. The third-order valence-corrected chi connectivity index (χ3v) is 7.64. The van der Waals surface area contributed by atoms with Gasteiger partial charge in [0.25, 0.3) is 5.91 Å². The van der Waals surface area contributed by atoms with Gasteiger partial charge in [0.15, 0.2) is 4.90 Å². The fourth-order valence-electron chi connectivity index (χ4n) is 4.86. The number of rotatable bonds is 4. The Bertz CT molecular complexity index is 849. The van der Waals surface area contributed by atoms with Crippen LogP contribution >= 0.6 is 0 Å². The van der Waals surface area contributed by atoms with Crippen molar-refractivity contribution in [3.8, 4) is 0 Å². The number of aromatic amines is 1. The second-order valence-corrected chi connectivity index (χ2v) is 10.3. The molecule has 2 aromatic rings. The van der Waals surface area contributed by atoms with Crippen molar-refractivity contribution in [2.24, 2.45) is 11.8 Å². The standard InChI is InChI=1S/C22H31N3O2S/c1-14-10-15(2)13-25(12-14)28(27)18-8-9-20-19(11-18)16(3)21(24-20)22(26)23-17-6-4-5-7-17/h8-9,11,14-15,17,24H,4-7,10,12-13H2,1-3H3,(H,23,26). The number of benzene rings is 1. The summed E-state index contributed by atoms with van der Waals surface area (Å²) >= 11 is -1.16. The lowest BCUT2D eigenvalue weighted by Gasteiger charge is -2.34. The van der Waals surface area contributed by atoms with Crippen molar-refractivity contribution in [2.75, 3.05) is 13.1 Å². The Morgan fingerprint density at radius 2 is 1.89 bits per heavy atom. The van der Waals surface area contributed by atoms with Crippen LogP contribution < -0.4 is 5.32 Å². The monoisotopic (exact) mass is 401 g/mol. The van der Waals surface area contributed by atoms with Gasteiger partial charge in [-0.25, -0.2) is 0 Å². The van der Waals surface area contributed by atoms with Crippen LogP contribution in [0.2, 0.25) is 0 Å². The molecule has 2 aliphatic rings. The molecule has 1 aliphatic carbocycles. The van der Waals surface area contributed by atoms with Crippen molar-refractivity contribution >= 4 is 28.2 Å². The van der Waals surface area contributed by atoms with Crippen LogP contribution in [0.3, 0.4) is 0 Å². The summed E-state index contributed by atoms with van der Waals surface area (Å²) in [4.78, 5) is 16.8. The zero-order chi connectivity index (χ0) is 19.8. The summed E-state index contributed by atoms with van der Waals surface area (Å²) in [6.45, 7) is 8.18. The number of hydrogen-bond donors (Lipinski definition) is 2. The van der Waals surface area contributed by atoms with Gasteiger partial charge < -0.3 is 14.9 Å². The first-order valence-electron chi connectivity index (χ1n) is 10.5.